The molecule has 0 aliphatic rings. The number of hydrogen-bond donors (Lipinski definition) is 2. The molecule has 0 bridgehead atoms. The number of ether oxygens (including phenoxy) is 1. The molecule has 2 N–H and O–H groups in total. The summed E-state index contributed by atoms with van der Waals surface area (Å²) in [5, 5.41) is 23.0. The fourth-order valence-electron chi connectivity index (χ4n) is 2.65. The zero-order chi connectivity index (χ0) is 21.6. The van der Waals surface area contributed by atoms with Crippen molar-refractivity contribution in [2.45, 2.75) is 13.2 Å². The molecule has 0 unspecified atom stereocenters. The lowest BCUT2D eigenvalue weighted by Crippen LogP contribution is -2.19. The van der Waals surface area contributed by atoms with E-state index in [9.17, 15) is 9.59 Å². The predicted octanol–water partition coefficient (Wildman–Crippen LogP) is 2.24. The van der Waals surface area contributed by atoms with E-state index in [1.807, 2.05) is 0 Å². The van der Waals surface area contributed by atoms with Crippen LogP contribution in [0, 0.1) is 0 Å². The van der Waals surface area contributed by atoms with Crippen LogP contribution in [0.25, 0.3) is 11.3 Å². The van der Waals surface area contributed by atoms with Crippen LogP contribution in [0.3, 0.4) is 0 Å². The number of nitrogens with zero attached hydrogens (tertiary/aromatic N) is 5. The maximum absolute atomic E-state index is 12.1. The molecule has 3 heterocycles. The van der Waals surface area contributed by atoms with Crippen LogP contribution in [-0.4, -0.2) is 42.1 Å². The van der Waals surface area contributed by atoms with Gasteiger partial charge in [0, 0.05) is 29.7 Å². The van der Waals surface area contributed by atoms with Gasteiger partial charge in [0.2, 0.25) is 5.91 Å². The van der Waals surface area contributed by atoms with Gasteiger partial charge >= 0.3 is 5.97 Å². The molecule has 4 aromatic rings. The second kappa shape index (κ2) is 8.86. The van der Waals surface area contributed by atoms with Gasteiger partial charge in [-0.3, -0.25) is 9.78 Å². The van der Waals surface area contributed by atoms with Crippen LogP contribution in [0.5, 0.6) is 5.75 Å². The van der Waals surface area contributed by atoms with Crippen molar-refractivity contribution in [2.24, 2.45) is 0 Å². The van der Waals surface area contributed by atoms with Gasteiger partial charge in [-0.05, 0) is 36.4 Å². The molecule has 4 rings (SSSR count). The van der Waals surface area contributed by atoms with Crippen molar-refractivity contribution in [1.82, 2.24) is 25.1 Å². The molecule has 0 atom stereocenters. The Morgan fingerprint density at radius 1 is 1.13 bits per heavy atom. The third-order valence-corrected chi connectivity index (χ3v) is 4.11. The highest BCUT2D eigenvalue weighted by atomic mass is 16.5. The monoisotopic (exact) mass is 420 g/mol. The first-order valence-corrected chi connectivity index (χ1v) is 9.09. The molecule has 31 heavy (non-hydrogen) atoms. The number of nitrogens with one attached hydrogen (secondary N) is 1. The Labute approximate surface area is 175 Å². The zero-order valence-corrected chi connectivity index (χ0v) is 16.0. The van der Waals surface area contributed by atoms with Gasteiger partial charge in [0.05, 0.1) is 6.20 Å². The Morgan fingerprint density at radius 3 is 2.61 bits per heavy atom. The molecule has 11 nitrogen and oxygen atoms in total. The molecule has 0 radical (unpaired) electrons. The SMILES string of the molecule is O=C(Cn1cc(COc2ccc(-c3cc(C(=O)O)no3)cc2)nn1)Nc1ccncc1. The molecule has 0 saturated heterocycles. The van der Waals surface area contributed by atoms with Crippen LogP contribution in [0.2, 0.25) is 0 Å². The molecule has 0 fully saturated rings. The third-order valence-electron chi connectivity index (χ3n) is 4.11. The summed E-state index contributed by atoms with van der Waals surface area (Å²) >= 11 is 0. The van der Waals surface area contributed by atoms with Gasteiger partial charge in [-0.2, -0.15) is 0 Å². The fourth-order valence-corrected chi connectivity index (χ4v) is 2.65. The van der Waals surface area contributed by atoms with E-state index in [-0.39, 0.29) is 24.8 Å². The van der Waals surface area contributed by atoms with Crippen molar-refractivity contribution in [3.05, 3.63) is 72.4 Å². The number of carbonyl (C=O) groups excluding carboxylic acids is 1. The van der Waals surface area contributed by atoms with Gasteiger partial charge in [-0.1, -0.05) is 10.4 Å². The molecule has 0 spiro atoms. The van der Waals surface area contributed by atoms with Gasteiger partial charge < -0.3 is 19.7 Å². The van der Waals surface area contributed by atoms with Crippen molar-refractivity contribution in [3.8, 4) is 17.1 Å². The summed E-state index contributed by atoms with van der Waals surface area (Å²) in [7, 11) is 0. The largest absolute Gasteiger partial charge is 0.487 e. The van der Waals surface area contributed by atoms with E-state index >= 15 is 0 Å². The molecule has 0 aliphatic heterocycles. The highest BCUT2D eigenvalue weighted by Crippen LogP contribution is 2.23. The normalized spacial score (nSPS) is 10.6. The van der Waals surface area contributed by atoms with Crippen LogP contribution in [0.4, 0.5) is 5.69 Å². The number of rotatable bonds is 8. The molecule has 156 valence electrons. The van der Waals surface area contributed by atoms with Crippen LogP contribution in [0.15, 0.2) is 65.6 Å². The number of aromatic nitrogens is 5. The zero-order valence-electron chi connectivity index (χ0n) is 16.0. The molecule has 1 amide bonds. The van der Waals surface area contributed by atoms with E-state index in [0.29, 0.717) is 28.5 Å². The van der Waals surface area contributed by atoms with Gasteiger partial charge in [0.25, 0.3) is 0 Å². The number of carboxylic acid groups (broad SMARTS) is 1. The lowest BCUT2D eigenvalue weighted by molar-refractivity contribution is -0.116. The van der Waals surface area contributed by atoms with E-state index in [4.69, 9.17) is 14.4 Å². The highest BCUT2D eigenvalue weighted by Gasteiger charge is 2.12. The van der Waals surface area contributed by atoms with E-state index in [0.717, 1.165) is 0 Å². The molecule has 3 aromatic heterocycles. The van der Waals surface area contributed by atoms with Crippen LogP contribution in [-0.2, 0) is 17.9 Å². The van der Waals surface area contributed by atoms with Crippen molar-refractivity contribution < 1.29 is 24.0 Å². The second-order valence-electron chi connectivity index (χ2n) is 6.39. The minimum absolute atomic E-state index is 0.0134. The number of benzene rings is 1. The topological polar surface area (TPSA) is 145 Å². The number of pyridine rings is 1. The maximum Gasteiger partial charge on any atom is 0.358 e. The van der Waals surface area contributed by atoms with Gasteiger partial charge in [0.15, 0.2) is 11.5 Å². The molecule has 11 heteroatoms. The standard InChI is InChI=1S/C20H16N6O5/c27-19(22-14-5-7-21-8-6-14)11-26-10-15(23-25-26)12-30-16-3-1-13(2-4-16)18-9-17(20(28)29)24-31-18/h1-10H,11-12H2,(H,28,29)(H,21,22,27). The first-order valence-electron chi connectivity index (χ1n) is 9.09. The predicted molar refractivity (Wildman–Crippen MR) is 106 cm³/mol. The summed E-state index contributed by atoms with van der Waals surface area (Å²) in [6.45, 7) is 0.177. The molecule has 0 aliphatic carbocycles. The molecule has 0 saturated carbocycles. The first kappa shape index (κ1) is 19.8. The van der Waals surface area contributed by atoms with Crippen molar-refractivity contribution in [3.63, 3.8) is 0 Å². The Balaban J connectivity index is 1.30. The minimum atomic E-state index is -1.15. The third kappa shape index (κ3) is 5.09. The number of amides is 1. The van der Waals surface area contributed by atoms with Gasteiger partial charge in [-0.15, -0.1) is 5.10 Å². The first-order chi connectivity index (χ1) is 15.1. The van der Waals surface area contributed by atoms with Crippen molar-refractivity contribution in [1.29, 1.82) is 0 Å². The summed E-state index contributed by atoms with van der Waals surface area (Å²) in [4.78, 5) is 26.8. The Kier molecular flexibility index (Phi) is 5.65. The summed E-state index contributed by atoms with van der Waals surface area (Å²) < 4.78 is 12.1. The summed E-state index contributed by atoms with van der Waals surface area (Å²) in [5.41, 5.74) is 1.71. The molecular formula is C20H16N6O5. The van der Waals surface area contributed by atoms with Gasteiger partial charge in [-0.25, -0.2) is 9.48 Å². The van der Waals surface area contributed by atoms with E-state index in [1.165, 1.54) is 10.7 Å². The van der Waals surface area contributed by atoms with Crippen LogP contribution >= 0.6 is 0 Å². The lowest BCUT2D eigenvalue weighted by atomic mass is 10.1. The molecular weight excluding hydrogens is 404 g/mol. The summed E-state index contributed by atoms with van der Waals surface area (Å²) in [5.74, 6) is -0.473. The quantitative estimate of drug-likeness (QED) is 0.438. The number of carbonyl (C=O) groups is 2. The summed E-state index contributed by atoms with van der Waals surface area (Å²) in [6.07, 6.45) is 4.81. The lowest BCUT2D eigenvalue weighted by Gasteiger charge is -2.05. The van der Waals surface area contributed by atoms with Crippen LogP contribution in [0.1, 0.15) is 16.2 Å². The van der Waals surface area contributed by atoms with Crippen LogP contribution < -0.4 is 10.1 Å². The Bertz CT molecular complexity index is 1190. The Morgan fingerprint density at radius 2 is 1.90 bits per heavy atom. The van der Waals surface area contributed by atoms with Crippen molar-refractivity contribution in [2.75, 3.05) is 5.32 Å². The summed E-state index contributed by atoms with van der Waals surface area (Å²) in [6, 6.07) is 11.6. The minimum Gasteiger partial charge on any atom is -0.487 e. The van der Waals surface area contributed by atoms with Crippen molar-refractivity contribution >= 4 is 17.6 Å². The second-order valence-corrected chi connectivity index (χ2v) is 6.39. The highest BCUT2D eigenvalue weighted by molar-refractivity contribution is 5.90. The van der Waals surface area contributed by atoms with E-state index in [2.05, 4.69) is 25.8 Å². The Hall–Kier alpha value is -4.54. The number of anilines is 1. The number of carboxylic acids is 1. The average molecular weight is 420 g/mol. The van der Waals surface area contributed by atoms with E-state index < -0.39 is 5.97 Å². The smallest absolute Gasteiger partial charge is 0.358 e. The maximum atomic E-state index is 12.1. The number of hydrogen-bond acceptors (Lipinski definition) is 8. The number of aromatic carboxylic acids is 1. The average Bonchev–Trinajstić information content (AvgIpc) is 3.43. The van der Waals surface area contributed by atoms with Gasteiger partial charge in [0.1, 0.15) is 24.6 Å². The fraction of sp³-hybridized carbons (Fsp3) is 0.100. The molecule has 1 aromatic carbocycles. The van der Waals surface area contributed by atoms with E-state index in [1.54, 1.807) is 55.0 Å².